The highest BCUT2D eigenvalue weighted by molar-refractivity contribution is 7.88. The molecule has 2 aromatic carbocycles. The van der Waals surface area contributed by atoms with Crippen LogP contribution in [-0.4, -0.2) is 44.6 Å². The maximum atomic E-state index is 15.0. The molecule has 2 aliphatic rings. The van der Waals surface area contributed by atoms with Crippen LogP contribution in [0.4, 0.5) is 4.39 Å². The number of likely N-dealkylation sites (tertiary alicyclic amines) is 1. The highest BCUT2D eigenvalue weighted by atomic mass is 32.2. The van der Waals surface area contributed by atoms with Crippen LogP contribution in [0.15, 0.2) is 42.5 Å². The number of piperidine rings is 1. The van der Waals surface area contributed by atoms with Gasteiger partial charge in [-0.05, 0) is 60.4 Å². The molecule has 160 valence electrons. The third kappa shape index (κ3) is 4.57. The van der Waals surface area contributed by atoms with Gasteiger partial charge in [0.25, 0.3) is 0 Å². The number of nitrogens with one attached hydrogen (secondary N) is 1. The maximum absolute atomic E-state index is 15.0. The Morgan fingerprint density at radius 1 is 1.20 bits per heavy atom. The summed E-state index contributed by atoms with van der Waals surface area (Å²) in [7, 11) is -3.31. The van der Waals surface area contributed by atoms with E-state index < -0.39 is 10.0 Å². The van der Waals surface area contributed by atoms with Crippen molar-refractivity contribution in [3.63, 3.8) is 0 Å². The minimum absolute atomic E-state index is 0.000937. The Balaban J connectivity index is 1.54. The molecule has 1 aliphatic heterocycles. The van der Waals surface area contributed by atoms with Gasteiger partial charge >= 0.3 is 0 Å². The molecule has 1 saturated heterocycles. The Hall–Kier alpha value is -2.25. The number of nitrogens with zero attached hydrogens (tertiary/aromatic N) is 1. The molecule has 3 atom stereocenters. The van der Waals surface area contributed by atoms with Crippen molar-refractivity contribution < 1.29 is 17.6 Å². The normalized spacial score (nSPS) is 24.0. The van der Waals surface area contributed by atoms with E-state index in [2.05, 4.69) is 4.72 Å². The van der Waals surface area contributed by atoms with Crippen molar-refractivity contribution in [2.24, 2.45) is 5.92 Å². The van der Waals surface area contributed by atoms with E-state index in [9.17, 15) is 13.2 Å². The molecule has 7 heteroatoms. The predicted molar refractivity (Wildman–Crippen MR) is 115 cm³/mol. The van der Waals surface area contributed by atoms with Crippen molar-refractivity contribution in [1.82, 2.24) is 9.62 Å². The molecule has 1 N–H and O–H groups in total. The first-order valence-corrected chi connectivity index (χ1v) is 12.2. The maximum Gasteiger partial charge on any atom is 0.226 e. The molecule has 1 saturated carbocycles. The number of halogens is 1. The van der Waals surface area contributed by atoms with Crippen molar-refractivity contribution in [3.8, 4) is 11.1 Å². The lowest BCUT2D eigenvalue weighted by molar-refractivity contribution is -0.133. The lowest BCUT2D eigenvalue weighted by Gasteiger charge is -2.33. The largest absolute Gasteiger partial charge is 0.341 e. The van der Waals surface area contributed by atoms with E-state index in [1.807, 2.05) is 43.3 Å². The van der Waals surface area contributed by atoms with Crippen LogP contribution in [0, 0.1) is 18.7 Å². The van der Waals surface area contributed by atoms with Gasteiger partial charge in [-0.15, -0.1) is 0 Å². The van der Waals surface area contributed by atoms with Crippen molar-refractivity contribution in [3.05, 3.63) is 59.4 Å². The van der Waals surface area contributed by atoms with Crippen LogP contribution in [0.5, 0.6) is 0 Å². The first-order valence-electron chi connectivity index (χ1n) is 10.3. The molecule has 0 unspecified atom stereocenters. The van der Waals surface area contributed by atoms with Crippen molar-refractivity contribution in [1.29, 1.82) is 0 Å². The van der Waals surface area contributed by atoms with Crippen molar-refractivity contribution >= 4 is 15.9 Å². The van der Waals surface area contributed by atoms with E-state index in [0.717, 1.165) is 35.8 Å². The summed E-state index contributed by atoms with van der Waals surface area (Å²) in [5.74, 6) is -0.651. The second-order valence-corrected chi connectivity index (χ2v) is 10.3. The SMILES string of the molecule is Cc1cc(F)c([C@@H]2C[C@H]2C(=O)N2CCC[C@@H](NS(C)(=O)=O)C2)c(-c2ccccc2)c1. The number of aryl methyl sites for hydroxylation is 1. The molecule has 0 spiro atoms. The molecule has 1 amide bonds. The summed E-state index contributed by atoms with van der Waals surface area (Å²) in [6, 6.07) is 13.0. The smallest absolute Gasteiger partial charge is 0.226 e. The van der Waals surface area contributed by atoms with Gasteiger partial charge in [0, 0.05) is 25.0 Å². The van der Waals surface area contributed by atoms with Gasteiger partial charge in [-0.1, -0.05) is 36.4 Å². The van der Waals surface area contributed by atoms with E-state index in [-0.39, 0.29) is 29.6 Å². The van der Waals surface area contributed by atoms with Crippen LogP contribution in [0.25, 0.3) is 11.1 Å². The number of carbonyl (C=O) groups is 1. The highest BCUT2D eigenvalue weighted by Gasteiger charge is 2.48. The Bertz CT molecular complexity index is 1060. The summed E-state index contributed by atoms with van der Waals surface area (Å²) >= 11 is 0. The van der Waals surface area contributed by atoms with Crippen LogP contribution in [-0.2, 0) is 14.8 Å². The first kappa shape index (κ1) is 21.0. The zero-order valence-electron chi connectivity index (χ0n) is 17.3. The molecule has 1 aliphatic carbocycles. The third-order valence-electron chi connectivity index (χ3n) is 5.95. The molecular formula is C23H27FN2O3S. The fraction of sp³-hybridized carbons (Fsp3) is 0.435. The summed E-state index contributed by atoms with van der Waals surface area (Å²) in [5, 5.41) is 0. The number of sulfonamides is 1. The number of carbonyl (C=O) groups excluding carboxylic acids is 1. The monoisotopic (exact) mass is 430 g/mol. The zero-order valence-corrected chi connectivity index (χ0v) is 18.1. The Labute approximate surface area is 177 Å². The molecule has 2 aromatic rings. The van der Waals surface area contributed by atoms with Gasteiger partial charge in [-0.25, -0.2) is 17.5 Å². The molecule has 0 radical (unpaired) electrons. The quantitative estimate of drug-likeness (QED) is 0.790. The van der Waals surface area contributed by atoms with Gasteiger partial charge in [0.2, 0.25) is 15.9 Å². The summed E-state index contributed by atoms with van der Waals surface area (Å²) in [4.78, 5) is 14.8. The molecule has 4 rings (SSSR count). The van der Waals surface area contributed by atoms with Crippen molar-refractivity contribution in [2.45, 2.75) is 38.1 Å². The van der Waals surface area contributed by atoms with Crippen LogP contribution >= 0.6 is 0 Å². The predicted octanol–water partition coefficient (Wildman–Crippen LogP) is 3.44. The first-order chi connectivity index (χ1) is 14.2. The van der Waals surface area contributed by atoms with Crippen LogP contribution < -0.4 is 4.72 Å². The fourth-order valence-corrected chi connectivity index (χ4v) is 5.38. The summed E-state index contributed by atoms with van der Waals surface area (Å²) in [5.41, 5.74) is 3.27. The molecule has 1 heterocycles. The summed E-state index contributed by atoms with van der Waals surface area (Å²) in [6.45, 7) is 2.86. The third-order valence-corrected chi connectivity index (χ3v) is 6.71. The van der Waals surface area contributed by atoms with Gasteiger partial charge in [0.1, 0.15) is 5.82 Å². The number of amides is 1. The van der Waals surface area contributed by atoms with E-state index in [1.165, 1.54) is 6.07 Å². The van der Waals surface area contributed by atoms with Crippen LogP contribution in [0.2, 0.25) is 0 Å². The number of benzene rings is 2. The molecule has 30 heavy (non-hydrogen) atoms. The Morgan fingerprint density at radius 3 is 2.63 bits per heavy atom. The second kappa shape index (κ2) is 8.12. The minimum atomic E-state index is -3.31. The highest BCUT2D eigenvalue weighted by Crippen LogP contribution is 2.52. The summed E-state index contributed by atoms with van der Waals surface area (Å²) in [6.07, 6.45) is 3.23. The number of hydrogen-bond donors (Lipinski definition) is 1. The van der Waals surface area contributed by atoms with E-state index >= 15 is 4.39 Å². The molecule has 0 bridgehead atoms. The fourth-order valence-electron chi connectivity index (χ4n) is 4.58. The number of rotatable bonds is 5. The average Bonchev–Trinajstić information content (AvgIpc) is 3.46. The van der Waals surface area contributed by atoms with E-state index in [1.54, 1.807) is 4.90 Å². The standard InChI is InChI=1S/C23H27FN2O3S/c1-15-11-18(16-7-4-3-5-8-16)22(21(24)12-15)19-13-20(19)23(27)26-10-6-9-17(14-26)25-30(2,28)29/h3-5,7-8,11-12,17,19-20,25H,6,9-10,13-14H2,1-2H3/t17-,19-,20-/m1/s1. The second-order valence-electron chi connectivity index (χ2n) is 8.54. The lowest BCUT2D eigenvalue weighted by atomic mass is 9.93. The van der Waals surface area contributed by atoms with Gasteiger partial charge in [0.05, 0.1) is 6.26 Å². The summed E-state index contributed by atoms with van der Waals surface area (Å²) < 4.78 is 40.7. The topological polar surface area (TPSA) is 66.5 Å². The van der Waals surface area contributed by atoms with Crippen LogP contribution in [0.3, 0.4) is 0 Å². The Kier molecular flexibility index (Phi) is 5.68. The van der Waals surface area contributed by atoms with Gasteiger partial charge in [-0.2, -0.15) is 0 Å². The Morgan fingerprint density at radius 2 is 1.93 bits per heavy atom. The van der Waals surface area contributed by atoms with Crippen molar-refractivity contribution in [2.75, 3.05) is 19.3 Å². The van der Waals surface area contributed by atoms with Gasteiger partial charge < -0.3 is 4.90 Å². The zero-order chi connectivity index (χ0) is 21.5. The van der Waals surface area contributed by atoms with Gasteiger partial charge in [0.15, 0.2) is 0 Å². The van der Waals surface area contributed by atoms with E-state index in [4.69, 9.17) is 0 Å². The molecule has 5 nitrogen and oxygen atoms in total. The van der Waals surface area contributed by atoms with Gasteiger partial charge in [-0.3, -0.25) is 4.79 Å². The molecule has 2 fully saturated rings. The van der Waals surface area contributed by atoms with E-state index in [0.29, 0.717) is 25.1 Å². The number of hydrogen-bond acceptors (Lipinski definition) is 3. The lowest BCUT2D eigenvalue weighted by Crippen LogP contribution is -2.49. The average molecular weight is 431 g/mol. The molecule has 0 aromatic heterocycles. The van der Waals surface area contributed by atoms with Crippen LogP contribution in [0.1, 0.15) is 36.3 Å². The minimum Gasteiger partial charge on any atom is -0.341 e. The molecular weight excluding hydrogens is 403 g/mol.